The van der Waals surface area contributed by atoms with E-state index in [1.807, 2.05) is 0 Å². The van der Waals surface area contributed by atoms with Gasteiger partial charge in [-0.1, -0.05) is 6.92 Å². The summed E-state index contributed by atoms with van der Waals surface area (Å²) in [7, 11) is 0. The minimum Gasteiger partial charge on any atom is -0.381 e. The molecule has 0 unspecified atom stereocenters. The highest BCUT2D eigenvalue weighted by atomic mass is 32.1. The molecule has 0 spiro atoms. The van der Waals surface area contributed by atoms with E-state index in [1.165, 1.54) is 29.7 Å². The minimum absolute atomic E-state index is 0.293. The fourth-order valence-electron chi connectivity index (χ4n) is 3.80. The van der Waals surface area contributed by atoms with Crippen LogP contribution in [0.2, 0.25) is 0 Å². The SMILES string of the molecule is C[C@@H]1CCc2c(C(=O)N(C[C@H]3CCOC3)C3CC3)csc2C1. The van der Waals surface area contributed by atoms with Crippen molar-refractivity contribution in [1.82, 2.24) is 4.90 Å². The fraction of sp³-hybridized carbons (Fsp3) is 0.722. The number of carbonyl (C=O) groups is 1. The molecule has 22 heavy (non-hydrogen) atoms. The van der Waals surface area contributed by atoms with Crippen molar-refractivity contribution in [3.05, 3.63) is 21.4 Å². The van der Waals surface area contributed by atoms with Gasteiger partial charge in [0.2, 0.25) is 0 Å². The van der Waals surface area contributed by atoms with Gasteiger partial charge in [-0.05, 0) is 50.0 Å². The van der Waals surface area contributed by atoms with Gasteiger partial charge >= 0.3 is 0 Å². The highest BCUT2D eigenvalue weighted by Gasteiger charge is 2.36. The molecule has 0 aromatic carbocycles. The molecule has 2 aliphatic carbocycles. The van der Waals surface area contributed by atoms with Crippen LogP contribution in [0.3, 0.4) is 0 Å². The van der Waals surface area contributed by atoms with E-state index in [-0.39, 0.29) is 0 Å². The van der Waals surface area contributed by atoms with Crippen LogP contribution < -0.4 is 0 Å². The largest absolute Gasteiger partial charge is 0.381 e. The van der Waals surface area contributed by atoms with Crippen LogP contribution >= 0.6 is 11.3 Å². The first-order valence-electron chi connectivity index (χ1n) is 8.70. The van der Waals surface area contributed by atoms with E-state index in [2.05, 4.69) is 17.2 Å². The van der Waals surface area contributed by atoms with E-state index < -0.39 is 0 Å². The number of fused-ring (bicyclic) bond motifs is 1. The number of hydrogen-bond acceptors (Lipinski definition) is 3. The number of nitrogens with zero attached hydrogens (tertiary/aromatic N) is 1. The van der Waals surface area contributed by atoms with Gasteiger partial charge in [0, 0.05) is 35.4 Å². The summed E-state index contributed by atoms with van der Waals surface area (Å²) in [5.41, 5.74) is 2.37. The normalized spacial score (nSPS) is 27.7. The van der Waals surface area contributed by atoms with E-state index in [0.29, 0.717) is 17.9 Å². The van der Waals surface area contributed by atoms with Gasteiger partial charge in [-0.2, -0.15) is 0 Å². The summed E-state index contributed by atoms with van der Waals surface area (Å²) >= 11 is 1.80. The zero-order chi connectivity index (χ0) is 15.1. The summed E-state index contributed by atoms with van der Waals surface area (Å²) in [6.45, 7) is 4.91. The van der Waals surface area contributed by atoms with Crippen LogP contribution in [0.1, 0.15) is 53.4 Å². The second-order valence-electron chi connectivity index (χ2n) is 7.32. The lowest BCUT2D eigenvalue weighted by Gasteiger charge is -2.26. The Hall–Kier alpha value is -0.870. The number of ether oxygens (including phenoxy) is 1. The molecule has 2 atom stereocenters. The summed E-state index contributed by atoms with van der Waals surface area (Å²) < 4.78 is 5.50. The molecule has 120 valence electrons. The van der Waals surface area contributed by atoms with Crippen LogP contribution in [0.4, 0.5) is 0 Å². The standard InChI is InChI=1S/C18H25NO2S/c1-12-2-5-15-16(11-22-17(15)8-12)18(20)19(14-3-4-14)9-13-6-7-21-10-13/h11-14H,2-10H2,1H3/t12-,13-/m1/s1. The lowest BCUT2D eigenvalue weighted by atomic mass is 9.88. The molecule has 1 aromatic heterocycles. The van der Waals surface area contributed by atoms with Crippen LogP contribution in [0, 0.1) is 11.8 Å². The second kappa shape index (κ2) is 5.97. The van der Waals surface area contributed by atoms with Gasteiger partial charge in [0.1, 0.15) is 0 Å². The molecule has 1 saturated heterocycles. The first-order chi connectivity index (χ1) is 10.7. The summed E-state index contributed by atoms with van der Waals surface area (Å²) in [6, 6.07) is 0.492. The molecule has 2 heterocycles. The minimum atomic E-state index is 0.293. The maximum atomic E-state index is 13.1. The molecule has 4 heteroatoms. The van der Waals surface area contributed by atoms with Crippen LogP contribution in [0.5, 0.6) is 0 Å². The number of hydrogen-bond donors (Lipinski definition) is 0. The van der Waals surface area contributed by atoms with Gasteiger partial charge in [-0.25, -0.2) is 0 Å². The van der Waals surface area contributed by atoms with Gasteiger partial charge in [-0.15, -0.1) is 11.3 Å². The van der Waals surface area contributed by atoms with Crippen molar-refractivity contribution in [1.29, 1.82) is 0 Å². The first-order valence-corrected chi connectivity index (χ1v) is 9.58. The molecule has 2 fully saturated rings. The third-order valence-electron chi connectivity index (χ3n) is 5.36. The van der Waals surface area contributed by atoms with Crippen LogP contribution in [0.15, 0.2) is 5.38 Å². The Morgan fingerprint density at radius 1 is 1.36 bits per heavy atom. The highest BCUT2D eigenvalue weighted by molar-refractivity contribution is 7.10. The maximum absolute atomic E-state index is 13.1. The molecule has 3 nitrogen and oxygen atoms in total. The van der Waals surface area contributed by atoms with E-state index >= 15 is 0 Å². The van der Waals surface area contributed by atoms with E-state index in [1.54, 1.807) is 11.3 Å². The van der Waals surface area contributed by atoms with Crippen molar-refractivity contribution in [2.45, 2.75) is 51.5 Å². The van der Waals surface area contributed by atoms with Gasteiger partial charge in [0.15, 0.2) is 0 Å². The molecule has 1 aromatic rings. The third kappa shape index (κ3) is 2.83. The van der Waals surface area contributed by atoms with Gasteiger partial charge in [-0.3, -0.25) is 4.79 Å². The summed E-state index contributed by atoms with van der Waals surface area (Å²) in [6.07, 6.45) is 6.95. The van der Waals surface area contributed by atoms with E-state index in [9.17, 15) is 4.79 Å². The van der Waals surface area contributed by atoms with Crippen molar-refractivity contribution in [2.24, 2.45) is 11.8 Å². The van der Waals surface area contributed by atoms with Crippen LogP contribution in [0.25, 0.3) is 0 Å². The Bertz CT molecular complexity index is 557. The van der Waals surface area contributed by atoms with Crippen molar-refractivity contribution < 1.29 is 9.53 Å². The summed E-state index contributed by atoms with van der Waals surface area (Å²) in [4.78, 5) is 16.7. The Labute approximate surface area is 136 Å². The summed E-state index contributed by atoms with van der Waals surface area (Å²) in [5.74, 6) is 1.60. The van der Waals surface area contributed by atoms with Gasteiger partial charge in [0.25, 0.3) is 5.91 Å². The highest BCUT2D eigenvalue weighted by Crippen LogP contribution is 2.36. The Balaban J connectivity index is 1.54. The molecule has 0 radical (unpaired) electrons. The fourth-order valence-corrected chi connectivity index (χ4v) is 5.04. The predicted molar refractivity (Wildman–Crippen MR) is 88.5 cm³/mol. The number of rotatable bonds is 4. The molecule has 1 amide bonds. The average Bonchev–Trinajstić information content (AvgIpc) is 3.06. The lowest BCUT2D eigenvalue weighted by Crippen LogP contribution is -2.37. The molecular weight excluding hydrogens is 294 g/mol. The number of carbonyl (C=O) groups excluding carboxylic acids is 1. The lowest BCUT2D eigenvalue weighted by molar-refractivity contribution is 0.0705. The van der Waals surface area contributed by atoms with Crippen molar-refractivity contribution >= 4 is 17.2 Å². The topological polar surface area (TPSA) is 29.5 Å². The van der Waals surface area contributed by atoms with Crippen LogP contribution in [-0.4, -0.2) is 36.6 Å². The van der Waals surface area contributed by atoms with Crippen molar-refractivity contribution in [3.63, 3.8) is 0 Å². The van der Waals surface area contributed by atoms with Crippen molar-refractivity contribution in [3.8, 4) is 0 Å². The van der Waals surface area contributed by atoms with Crippen LogP contribution in [-0.2, 0) is 17.6 Å². The quantitative estimate of drug-likeness (QED) is 0.850. The zero-order valence-corrected chi connectivity index (χ0v) is 14.2. The van der Waals surface area contributed by atoms with Crippen molar-refractivity contribution in [2.75, 3.05) is 19.8 Å². The molecule has 1 aliphatic heterocycles. The Morgan fingerprint density at radius 3 is 2.95 bits per heavy atom. The molecule has 3 aliphatic rings. The molecule has 4 rings (SSSR count). The van der Waals surface area contributed by atoms with Gasteiger partial charge < -0.3 is 9.64 Å². The van der Waals surface area contributed by atoms with E-state index in [0.717, 1.165) is 50.5 Å². The van der Waals surface area contributed by atoms with Gasteiger partial charge in [0.05, 0.1) is 12.2 Å². The number of amides is 1. The number of thiophene rings is 1. The average molecular weight is 319 g/mol. The second-order valence-corrected chi connectivity index (χ2v) is 8.28. The Morgan fingerprint density at radius 2 is 2.23 bits per heavy atom. The first kappa shape index (κ1) is 14.7. The maximum Gasteiger partial charge on any atom is 0.255 e. The van der Waals surface area contributed by atoms with E-state index in [4.69, 9.17) is 4.74 Å². The molecule has 0 N–H and O–H groups in total. The monoisotopic (exact) mass is 319 g/mol. The smallest absolute Gasteiger partial charge is 0.255 e. The Kier molecular flexibility index (Phi) is 3.99. The molecular formula is C18H25NO2S. The molecule has 1 saturated carbocycles. The molecule has 0 bridgehead atoms. The zero-order valence-electron chi connectivity index (χ0n) is 13.3. The summed E-state index contributed by atoms with van der Waals surface area (Å²) in [5, 5.41) is 2.13. The predicted octanol–water partition coefficient (Wildman–Crippen LogP) is 3.51. The third-order valence-corrected chi connectivity index (χ3v) is 6.41.